The fourth-order valence-corrected chi connectivity index (χ4v) is 1.69. The number of aliphatic imine (C=N–C) groups is 1. The van der Waals surface area contributed by atoms with Gasteiger partial charge in [0.05, 0.1) is 6.54 Å². The molecule has 0 spiro atoms. The molecule has 21 heavy (non-hydrogen) atoms. The van der Waals surface area contributed by atoms with Gasteiger partial charge in [-0.3, -0.25) is 4.99 Å². The van der Waals surface area contributed by atoms with E-state index < -0.39 is 0 Å². The van der Waals surface area contributed by atoms with Crippen LogP contribution in [0.15, 0.2) is 35.3 Å². The molecule has 5 nitrogen and oxygen atoms in total. The van der Waals surface area contributed by atoms with Gasteiger partial charge < -0.3 is 20.1 Å². The Hall–Kier alpha value is -1.75. The van der Waals surface area contributed by atoms with Crippen LogP contribution in [0, 0.1) is 5.92 Å². The number of likely N-dealkylation sites (N-methyl/N-ethyl adjacent to an activating group) is 1. The minimum absolute atomic E-state index is 0.156. The highest BCUT2D eigenvalue weighted by molar-refractivity contribution is 5.79. The normalized spacial score (nSPS) is 12.9. The highest BCUT2D eigenvalue weighted by Crippen LogP contribution is 2.07. The van der Waals surface area contributed by atoms with E-state index in [1.165, 1.54) is 0 Å². The zero-order chi connectivity index (χ0) is 15.5. The lowest BCUT2D eigenvalue weighted by molar-refractivity contribution is 0.241. The third kappa shape index (κ3) is 6.99. The van der Waals surface area contributed by atoms with Gasteiger partial charge in [-0.25, -0.2) is 0 Å². The Balaban J connectivity index is 2.43. The van der Waals surface area contributed by atoms with E-state index >= 15 is 0 Å². The molecule has 1 aromatic carbocycles. The second-order valence-corrected chi connectivity index (χ2v) is 5.07. The molecular formula is C16H27N3O2. The van der Waals surface area contributed by atoms with Crippen molar-refractivity contribution >= 4 is 5.96 Å². The number of rotatable bonds is 8. The molecule has 0 amide bonds. The molecule has 0 bridgehead atoms. The lowest BCUT2D eigenvalue weighted by atomic mass is 10.2. The number of hydrogen-bond acceptors (Lipinski definition) is 3. The maximum atomic E-state index is 9.06. The van der Waals surface area contributed by atoms with Crippen LogP contribution in [-0.2, 0) is 0 Å². The number of guanidine groups is 1. The Morgan fingerprint density at radius 1 is 1.38 bits per heavy atom. The van der Waals surface area contributed by atoms with Crippen molar-refractivity contribution in [3.05, 3.63) is 30.3 Å². The summed E-state index contributed by atoms with van der Waals surface area (Å²) >= 11 is 0. The molecule has 0 aliphatic carbocycles. The first kappa shape index (κ1) is 17.3. The Kier molecular flexibility index (Phi) is 8.28. The van der Waals surface area contributed by atoms with Crippen LogP contribution in [0.25, 0.3) is 0 Å². The monoisotopic (exact) mass is 293 g/mol. The van der Waals surface area contributed by atoms with Crippen molar-refractivity contribution in [3.63, 3.8) is 0 Å². The fourth-order valence-electron chi connectivity index (χ4n) is 1.69. The SMILES string of the molecule is CCNC(=NCC(C)CO)N(C)CCOc1ccccc1. The second-order valence-electron chi connectivity index (χ2n) is 5.07. The summed E-state index contributed by atoms with van der Waals surface area (Å²) in [5.41, 5.74) is 0. The summed E-state index contributed by atoms with van der Waals surface area (Å²) in [7, 11) is 1.99. The first-order valence-corrected chi connectivity index (χ1v) is 7.45. The minimum Gasteiger partial charge on any atom is -0.492 e. The van der Waals surface area contributed by atoms with Crippen LogP contribution < -0.4 is 10.1 Å². The van der Waals surface area contributed by atoms with Crippen LogP contribution in [0.2, 0.25) is 0 Å². The summed E-state index contributed by atoms with van der Waals surface area (Å²) in [4.78, 5) is 6.56. The molecule has 0 aliphatic rings. The molecule has 0 fully saturated rings. The molecule has 0 radical (unpaired) electrons. The molecule has 118 valence electrons. The number of aliphatic hydroxyl groups is 1. The molecule has 1 rings (SSSR count). The van der Waals surface area contributed by atoms with Crippen molar-refractivity contribution in [1.29, 1.82) is 0 Å². The topological polar surface area (TPSA) is 57.1 Å². The molecule has 1 unspecified atom stereocenters. The van der Waals surface area contributed by atoms with Crippen LogP contribution in [0.3, 0.4) is 0 Å². The van der Waals surface area contributed by atoms with Crippen molar-refractivity contribution in [1.82, 2.24) is 10.2 Å². The molecule has 2 N–H and O–H groups in total. The van der Waals surface area contributed by atoms with Gasteiger partial charge in [-0.1, -0.05) is 25.1 Å². The molecular weight excluding hydrogens is 266 g/mol. The van der Waals surface area contributed by atoms with Gasteiger partial charge >= 0.3 is 0 Å². The van der Waals surface area contributed by atoms with Crippen molar-refractivity contribution < 1.29 is 9.84 Å². The summed E-state index contributed by atoms with van der Waals surface area (Å²) in [6.45, 7) is 6.95. The Labute approximate surface area is 127 Å². The third-order valence-corrected chi connectivity index (χ3v) is 3.00. The van der Waals surface area contributed by atoms with E-state index in [9.17, 15) is 0 Å². The summed E-state index contributed by atoms with van der Waals surface area (Å²) in [5.74, 6) is 1.89. The van der Waals surface area contributed by atoms with E-state index in [4.69, 9.17) is 9.84 Å². The number of nitrogens with one attached hydrogen (secondary N) is 1. The number of benzene rings is 1. The maximum Gasteiger partial charge on any atom is 0.193 e. The van der Waals surface area contributed by atoms with Crippen molar-refractivity contribution in [2.75, 3.05) is 39.9 Å². The predicted octanol–water partition coefficient (Wildman–Crippen LogP) is 1.59. The first-order valence-electron chi connectivity index (χ1n) is 7.45. The van der Waals surface area contributed by atoms with Crippen LogP contribution >= 0.6 is 0 Å². The largest absolute Gasteiger partial charge is 0.492 e. The molecule has 5 heteroatoms. The van der Waals surface area contributed by atoms with Crippen molar-refractivity contribution in [2.45, 2.75) is 13.8 Å². The highest BCUT2D eigenvalue weighted by Gasteiger charge is 2.07. The van der Waals surface area contributed by atoms with Gasteiger partial charge in [0.1, 0.15) is 12.4 Å². The predicted molar refractivity (Wildman–Crippen MR) is 86.8 cm³/mol. The quantitative estimate of drug-likeness (QED) is 0.564. The summed E-state index contributed by atoms with van der Waals surface area (Å²) in [5, 5.41) is 12.3. The number of hydrogen-bond donors (Lipinski definition) is 2. The van der Waals surface area contributed by atoms with Gasteiger partial charge in [0.25, 0.3) is 0 Å². The molecule has 0 saturated heterocycles. The Morgan fingerprint density at radius 2 is 2.10 bits per heavy atom. The smallest absolute Gasteiger partial charge is 0.193 e. The van der Waals surface area contributed by atoms with Gasteiger partial charge in [0, 0.05) is 26.7 Å². The van der Waals surface area contributed by atoms with Crippen LogP contribution in [0.5, 0.6) is 5.75 Å². The maximum absolute atomic E-state index is 9.06. The van der Waals surface area contributed by atoms with Gasteiger partial charge in [-0.15, -0.1) is 0 Å². The van der Waals surface area contributed by atoms with E-state index in [1.54, 1.807) is 0 Å². The standard InChI is InChI=1S/C16H27N3O2/c1-4-17-16(18-12-14(2)13-20)19(3)10-11-21-15-8-6-5-7-9-15/h5-9,14,20H,4,10-13H2,1-3H3,(H,17,18). The van der Waals surface area contributed by atoms with Crippen molar-refractivity contribution in [3.8, 4) is 5.75 Å². The van der Waals surface area contributed by atoms with Gasteiger partial charge in [0.15, 0.2) is 5.96 Å². The average Bonchev–Trinajstić information content (AvgIpc) is 2.51. The summed E-state index contributed by atoms with van der Waals surface area (Å²) in [6, 6.07) is 9.78. The number of ether oxygens (including phenoxy) is 1. The third-order valence-electron chi connectivity index (χ3n) is 3.00. The van der Waals surface area contributed by atoms with Crippen LogP contribution in [-0.4, -0.2) is 55.9 Å². The highest BCUT2D eigenvalue weighted by atomic mass is 16.5. The molecule has 0 heterocycles. The lowest BCUT2D eigenvalue weighted by Crippen LogP contribution is -2.41. The molecule has 0 aromatic heterocycles. The summed E-state index contributed by atoms with van der Waals surface area (Å²) in [6.07, 6.45) is 0. The van der Waals surface area contributed by atoms with Crippen molar-refractivity contribution in [2.24, 2.45) is 10.9 Å². The number of nitrogens with zero attached hydrogens (tertiary/aromatic N) is 2. The average molecular weight is 293 g/mol. The second kappa shape index (κ2) is 10.0. The molecule has 1 atom stereocenters. The lowest BCUT2D eigenvalue weighted by Gasteiger charge is -2.22. The van der Waals surface area contributed by atoms with E-state index in [1.807, 2.05) is 56.1 Å². The first-order chi connectivity index (χ1) is 10.2. The molecule has 0 aliphatic heterocycles. The number of aliphatic hydroxyl groups excluding tert-OH is 1. The van der Waals surface area contributed by atoms with E-state index in [0.717, 1.165) is 24.8 Å². The van der Waals surface area contributed by atoms with E-state index in [0.29, 0.717) is 13.2 Å². The van der Waals surface area contributed by atoms with E-state index in [2.05, 4.69) is 10.3 Å². The van der Waals surface area contributed by atoms with Gasteiger partial charge in [-0.05, 0) is 25.0 Å². The Bertz CT molecular complexity index is 409. The van der Waals surface area contributed by atoms with Crippen LogP contribution in [0.1, 0.15) is 13.8 Å². The fraction of sp³-hybridized carbons (Fsp3) is 0.562. The zero-order valence-corrected chi connectivity index (χ0v) is 13.2. The van der Waals surface area contributed by atoms with Gasteiger partial charge in [-0.2, -0.15) is 0 Å². The van der Waals surface area contributed by atoms with Gasteiger partial charge in [0.2, 0.25) is 0 Å². The molecule has 0 saturated carbocycles. The number of para-hydroxylation sites is 1. The minimum atomic E-state index is 0.156. The van der Waals surface area contributed by atoms with E-state index in [-0.39, 0.29) is 12.5 Å². The summed E-state index contributed by atoms with van der Waals surface area (Å²) < 4.78 is 5.69. The van der Waals surface area contributed by atoms with Crippen LogP contribution in [0.4, 0.5) is 0 Å². The zero-order valence-electron chi connectivity index (χ0n) is 13.2. The molecule has 1 aromatic rings. The Morgan fingerprint density at radius 3 is 2.71 bits per heavy atom.